The molecule has 0 aliphatic heterocycles. The summed E-state index contributed by atoms with van der Waals surface area (Å²) in [6, 6.07) is 0. The molecule has 0 heterocycles. The maximum Gasteiger partial charge on any atom is 0.128 e. The van der Waals surface area contributed by atoms with Gasteiger partial charge >= 0.3 is 0 Å². The first-order chi connectivity index (χ1) is 15.2. The molecular weight excluding hydrogens is 396 g/mol. The first-order valence-corrected chi connectivity index (χ1v) is 14.0. The van der Waals surface area contributed by atoms with Gasteiger partial charge < -0.3 is 18.4 Å². The van der Waals surface area contributed by atoms with E-state index >= 15 is 0 Å². The molecule has 0 aromatic carbocycles. The van der Waals surface area contributed by atoms with Crippen molar-refractivity contribution in [2.45, 2.75) is 91.9 Å². The van der Waals surface area contributed by atoms with E-state index < -0.39 is 0 Å². The zero-order chi connectivity index (χ0) is 24.3. The number of rotatable bonds is 23. The molecule has 0 fully saturated rings. The van der Waals surface area contributed by atoms with Crippen molar-refractivity contribution in [1.29, 1.82) is 0 Å². The Kier molecular flexibility index (Phi) is 19.1. The Morgan fingerprint density at radius 3 is 1.22 bits per heavy atom. The van der Waals surface area contributed by atoms with E-state index in [0.717, 1.165) is 60.1 Å². The van der Waals surface area contributed by atoms with E-state index in [2.05, 4.69) is 55.9 Å². The van der Waals surface area contributed by atoms with E-state index in [4.69, 9.17) is 9.47 Å². The zero-order valence-corrected chi connectivity index (χ0v) is 23.6. The Morgan fingerprint density at radius 2 is 0.906 bits per heavy atom. The molecule has 2 atom stereocenters. The van der Waals surface area contributed by atoms with Gasteiger partial charge in [0.05, 0.1) is 54.5 Å². The van der Waals surface area contributed by atoms with Crippen LogP contribution in [-0.2, 0) is 9.47 Å². The van der Waals surface area contributed by atoms with E-state index in [1.807, 2.05) is 0 Å². The van der Waals surface area contributed by atoms with Gasteiger partial charge in [0.15, 0.2) is 0 Å². The summed E-state index contributed by atoms with van der Waals surface area (Å²) in [5.74, 6) is 1.51. The van der Waals surface area contributed by atoms with Crippen molar-refractivity contribution < 1.29 is 18.4 Å². The second-order valence-electron chi connectivity index (χ2n) is 11.5. The molecule has 4 heteroatoms. The van der Waals surface area contributed by atoms with Gasteiger partial charge in [-0.3, -0.25) is 0 Å². The third-order valence-corrected chi connectivity index (χ3v) is 7.21. The van der Waals surface area contributed by atoms with E-state index in [1.54, 1.807) is 0 Å². The van der Waals surface area contributed by atoms with E-state index in [1.165, 1.54) is 77.5 Å². The second-order valence-corrected chi connectivity index (χ2v) is 11.5. The molecule has 194 valence electrons. The number of likely N-dealkylation sites (N-methyl/N-ethyl adjacent to an activating group) is 2. The minimum absolute atomic E-state index is 0.753. The van der Waals surface area contributed by atoms with Crippen LogP contribution in [0.25, 0.3) is 0 Å². The topological polar surface area (TPSA) is 18.5 Å². The number of ether oxygens (including phenoxy) is 2. The van der Waals surface area contributed by atoms with Crippen LogP contribution in [-0.4, -0.2) is 89.8 Å². The van der Waals surface area contributed by atoms with Crippen LogP contribution in [0.3, 0.4) is 0 Å². The monoisotopic (exact) mass is 458 g/mol. The molecule has 4 nitrogen and oxygen atoms in total. The summed E-state index contributed by atoms with van der Waals surface area (Å²) in [4.78, 5) is 0. The van der Waals surface area contributed by atoms with Gasteiger partial charge in [0.2, 0.25) is 0 Å². The summed E-state index contributed by atoms with van der Waals surface area (Å²) in [7, 11) is 9.50. The van der Waals surface area contributed by atoms with Gasteiger partial charge in [0.1, 0.15) is 13.1 Å². The molecule has 0 aromatic rings. The molecular formula is C28H62N2O2+2. The predicted molar refractivity (Wildman–Crippen MR) is 141 cm³/mol. The molecule has 0 aromatic heterocycles. The molecule has 0 amide bonds. The Labute approximate surface area is 203 Å². The van der Waals surface area contributed by atoms with Gasteiger partial charge in [-0.1, -0.05) is 66.2 Å². The minimum Gasteiger partial charge on any atom is -0.381 e. The zero-order valence-electron chi connectivity index (χ0n) is 23.6. The van der Waals surface area contributed by atoms with Gasteiger partial charge in [-0.15, -0.1) is 0 Å². The Bertz CT molecular complexity index is 374. The average Bonchev–Trinajstić information content (AvgIpc) is 2.76. The first kappa shape index (κ1) is 31.8. The lowest BCUT2D eigenvalue weighted by molar-refractivity contribution is -0.946. The Hall–Kier alpha value is -0.160. The first-order valence-electron chi connectivity index (χ1n) is 14.0. The van der Waals surface area contributed by atoms with Gasteiger partial charge in [-0.2, -0.15) is 0 Å². The molecule has 0 aliphatic rings. The van der Waals surface area contributed by atoms with Gasteiger partial charge in [-0.05, 0) is 24.7 Å². The number of quaternary nitrogens is 2. The van der Waals surface area contributed by atoms with Crippen molar-refractivity contribution in [2.24, 2.45) is 11.8 Å². The minimum atomic E-state index is 0.753. The molecule has 0 aliphatic carbocycles. The summed E-state index contributed by atoms with van der Waals surface area (Å²) in [6.45, 7) is 17.7. The summed E-state index contributed by atoms with van der Waals surface area (Å²) in [5, 5.41) is 0. The van der Waals surface area contributed by atoms with E-state index in [9.17, 15) is 0 Å². The van der Waals surface area contributed by atoms with Crippen LogP contribution in [0, 0.1) is 11.8 Å². The van der Waals surface area contributed by atoms with Crippen LogP contribution in [0.15, 0.2) is 0 Å². The summed E-state index contributed by atoms with van der Waals surface area (Å²) in [5.41, 5.74) is 0. The number of unbranched alkanes of at least 4 members (excludes halogenated alkanes) is 2. The number of hydrogen-bond acceptors (Lipinski definition) is 2. The Morgan fingerprint density at radius 1 is 0.531 bits per heavy atom. The van der Waals surface area contributed by atoms with E-state index in [-0.39, 0.29) is 0 Å². The van der Waals surface area contributed by atoms with Crippen LogP contribution in [0.4, 0.5) is 0 Å². The largest absolute Gasteiger partial charge is 0.381 e. The standard InChI is InChI=1S/C28H62N2O2/c1-9-13-17-27(11-3)25-31-23-15-19-29(5,6)21-22-30(7,8)20-16-24-32-26-28(12-4)18-14-10-2/h27-28H,9-26H2,1-8H3/q+2. The predicted octanol–water partition coefficient (Wildman–Crippen LogP) is 6.39. The van der Waals surface area contributed by atoms with Crippen molar-refractivity contribution >= 4 is 0 Å². The van der Waals surface area contributed by atoms with Gasteiger partial charge in [0.25, 0.3) is 0 Å². The molecule has 0 rings (SSSR count). The molecule has 0 saturated carbocycles. The van der Waals surface area contributed by atoms with Crippen molar-refractivity contribution in [2.75, 3.05) is 80.8 Å². The highest BCUT2D eigenvalue weighted by Gasteiger charge is 2.22. The van der Waals surface area contributed by atoms with Gasteiger partial charge in [0, 0.05) is 26.1 Å². The van der Waals surface area contributed by atoms with Gasteiger partial charge in [-0.25, -0.2) is 0 Å². The summed E-state index contributed by atoms with van der Waals surface area (Å²) < 4.78 is 14.2. The fourth-order valence-electron chi connectivity index (χ4n) is 4.25. The summed E-state index contributed by atoms with van der Waals surface area (Å²) >= 11 is 0. The highest BCUT2D eigenvalue weighted by Crippen LogP contribution is 2.14. The SMILES string of the molecule is CCCCC(CC)COCCC[N+](C)(C)CC[N+](C)(C)CCCOCC(CC)CCCC. The van der Waals surface area contributed by atoms with Crippen LogP contribution in [0.2, 0.25) is 0 Å². The van der Waals surface area contributed by atoms with Crippen molar-refractivity contribution in [1.82, 2.24) is 0 Å². The quantitative estimate of drug-likeness (QED) is 0.130. The fourth-order valence-corrected chi connectivity index (χ4v) is 4.25. The van der Waals surface area contributed by atoms with Crippen LogP contribution in [0.5, 0.6) is 0 Å². The lowest BCUT2D eigenvalue weighted by Gasteiger charge is -2.35. The van der Waals surface area contributed by atoms with Crippen molar-refractivity contribution in [3.05, 3.63) is 0 Å². The van der Waals surface area contributed by atoms with E-state index in [0.29, 0.717) is 0 Å². The molecule has 0 bridgehead atoms. The average molecular weight is 459 g/mol. The van der Waals surface area contributed by atoms with Crippen molar-refractivity contribution in [3.63, 3.8) is 0 Å². The summed E-state index contributed by atoms with van der Waals surface area (Å²) in [6.07, 6.45) is 12.7. The maximum absolute atomic E-state index is 6.02. The van der Waals surface area contributed by atoms with Crippen LogP contribution in [0.1, 0.15) is 91.9 Å². The molecule has 0 spiro atoms. The fraction of sp³-hybridized carbons (Fsp3) is 1.00. The third kappa shape index (κ3) is 18.3. The van der Waals surface area contributed by atoms with Crippen molar-refractivity contribution in [3.8, 4) is 0 Å². The highest BCUT2D eigenvalue weighted by molar-refractivity contribution is 4.57. The molecule has 32 heavy (non-hydrogen) atoms. The second kappa shape index (κ2) is 19.2. The van der Waals surface area contributed by atoms with Crippen LogP contribution < -0.4 is 0 Å². The lowest BCUT2D eigenvalue weighted by Crippen LogP contribution is -2.51. The number of nitrogens with zero attached hydrogens (tertiary/aromatic N) is 2. The number of hydrogen-bond donors (Lipinski definition) is 0. The lowest BCUT2D eigenvalue weighted by atomic mass is 10.0. The third-order valence-electron chi connectivity index (χ3n) is 7.21. The molecule has 0 radical (unpaired) electrons. The maximum atomic E-state index is 6.02. The molecule has 0 saturated heterocycles. The Balaban J connectivity index is 3.95. The molecule has 0 N–H and O–H groups in total. The molecule has 2 unspecified atom stereocenters. The smallest absolute Gasteiger partial charge is 0.128 e. The highest BCUT2D eigenvalue weighted by atomic mass is 16.5. The normalized spacial score (nSPS) is 14.6. The van der Waals surface area contributed by atoms with Crippen LogP contribution >= 0.6 is 0 Å².